The smallest absolute Gasteiger partial charge is 0.320 e. The summed E-state index contributed by atoms with van der Waals surface area (Å²) in [7, 11) is 2.07. The monoisotopic (exact) mass is 214 g/mol. The molecule has 0 amide bonds. The molecule has 1 aliphatic rings. The van der Waals surface area contributed by atoms with Crippen LogP contribution in [0.5, 0.6) is 0 Å². The lowest BCUT2D eigenvalue weighted by Crippen LogP contribution is -2.44. The maximum absolute atomic E-state index is 11.0. The van der Waals surface area contributed by atoms with Crippen LogP contribution in [0.25, 0.3) is 0 Å². The van der Waals surface area contributed by atoms with Gasteiger partial charge in [-0.3, -0.25) is 4.79 Å². The predicted molar refractivity (Wildman–Crippen MR) is 60.0 cm³/mol. The Morgan fingerprint density at radius 1 is 1.67 bits per heavy atom. The van der Waals surface area contributed by atoms with Gasteiger partial charge in [-0.25, -0.2) is 0 Å². The van der Waals surface area contributed by atoms with E-state index in [4.69, 9.17) is 5.11 Å². The molecule has 0 radical (unpaired) electrons. The second-order valence-corrected chi connectivity index (χ2v) is 4.45. The SMILES string of the molecule is CCCCC(NC1CCN(C)C1)C(=O)O. The molecule has 4 heteroatoms. The number of likely N-dealkylation sites (N-methyl/N-ethyl adjacent to an activating group) is 1. The lowest BCUT2D eigenvalue weighted by atomic mass is 10.1. The largest absolute Gasteiger partial charge is 0.480 e. The second kappa shape index (κ2) is 6.08. The van der Waals surface area contributed by atoms with Crippen molar-refractivity contribution in [2.75, 3.05) is 20.1 Å². The van der Waals surface area contributed by atoms with Gasteiger partial charge in [0.1, 0.15) is 6.04 Å². The summed E-state index contributed by atoms with van der Waals surface area (Å²) < 4.78 is 0. The van der Waals surface area contributed by atoms with Gasteiger partial charge in [-0.15, -0.1) is 0 Å². The molecule has 2 atom stereocenters. The molecule has 0 bridgehead atoms. The maximum Gasteiger partial charge on any atom is 0.320 e. The average Bonchev–Trinajstić information content (AvgIpc) is 2.58. The Hall–Kier alpha value is -0.610. The summed E-state index contributed by atoms with van der Waals surface area (Å²) in [4.78, 5) is 13.2. The number of unbranched alkanes of at least 4 members (excludes halogenated alkanes) is 1. The van der Waals surface area contributed by atoms with Crippen molar-refractivity contribution in [3.63, 3.8) is 0 Å². The molecule has 1 rings (SSSR count). The van der Waals surface area contributed by atoms with Crippen LogP contribution in [0.2, 0.25) is 0 Å². The van der Waals surface area contributed by atoms with E-state index in [9.17, 15) is 4.79 Å². The maximum atomic E-state index is 11.0. The summed E-state index contributed by atoms with van der Waals surface area (Å²) in [5, 5.41) is 12.3. The zero-order valence-electron chi connectivity index (χ0n) is 9.70. The Kier molecular flexibility index (Phi) is 5.05. The number of hydrogen-bond acceptors (Lipinski definition) is 3. The van der Waals surface area contributed by atoms with Crippen LogP contribution in [-0.4, -0.2) is 48.2 Å². The Morgan fingerprint density at radius 2 is 2.40 bits per heavy atom. The van der Waals surface area contributed by atoms with Crippen LogP contribution in [0.15, 0.2) is 0 Å². The number of nitrogens with zero attached hydrogens (tertiary/aromatic N) is 1. The van der Waals surface area contributed by atoms with Gasteiger partial charge in [-0.05, 0) is 26.4 Å². The van der Waals surface area contributed by atoms with E-state index >= 15 is 0 Å². The van der Waals surface area contributed by atoms with E-state index in [0.717, 1.165) is 38.8 Å². The van der Waals surface area contributed by atoms with Gasteiger partial charge >= 0.3 is 5.97 Å². The fourth-order valence-electron chi connectivity index (χ4n) is 2.04. The van der Waals surface area contributed by atoms with Crippen molar-refractivity contribution in [2.24, 2.45) is 0 Å². The summed E-state index contributed by atoms with van der Waals surface area (Å²) in [6.07, 6.45) is 3.83. The van der Waals surface area contributed by atoms with Gasteiger partial charge in [0.15, 0.2) is 0 Å². The van der Waals surface area contributed by atoms with Crippen molar-refractivity contribution in [1.29, 1.82) is 0 Å². The minimum Gasteiger partial charge on any atom is -0.480 e. The number of likely N-dealkylation sites (tertiary alicyclic amines) is 1. The number of carbonyl (C=O) groups is 1. The number of carboxylic acids is 1. The molecule has 0 aromatic rings. The molecule has 88 valence electrons. The highest BCUT2D eigenvalue weighted by Gasteiger charge is 2.25. The molecule has 0 aromatic heterocycles. The Balaban J connectivity index is 2.33. The van der Waals surface area contributed by atoms with Crippen molar-refractivity contribution in [2.45, 2.75) is 44.7 Å². The molecule has 0 aromatic carbocycles. The molecule has 4 nitrogen and oxygen atoms in total. The van der Waals surface area contributed by atoms with E-state index in [-0.39, 0.29) is 6.04 Å². The molecule has 0 spiro atoms. The molecule has 2 unspecified atom stereocenters. The number of nitrogens with one attached hydrogen (secondary N) is 1. The van der Waals surface area contributed by atoms with E-state index < -0.39 is 5.97 Å². The van der Waals surface area contributed by atoms with E-state index in [1.807, 2.05) is 0 Å². The van der Waals surface area contributed by atoms with Crippen LogP contribution < -0.4 is 5.32 Å². The highest BCUT2D eigenvalue weighted by atomic mass is 16.4. The third-order valence-corrected chi connectivity index (χ3v) is 2.97. The first kappa shape index (κ1) is 12.5. The van der Waals surface area contributed by atoms with Crippen LogP contribution in [0.4, 0.5) is 0 Å². The Morgan fingerprint density at radius 3 is 2.87 bits per heavy atom. The van der Waals surface area contributed by atoms with Crippen LogP contribution in [0, 0.1) is 0 Å². The van der Waals surface area contributed by atoms with E-state index in [0.29, 0.717) is 6.04 Å². The number of carboxylic acid groups (broad SMARTS) is 1. The van der Waals surface area contributed by atoms with Crippen molar-refractivity contribution in [3.8, 4) is 0 Å². The van der Waals surface area contributed by atoms with E-state index in [2.05, 4.69) is 24.2 Å². The zero-order chi connectivity index (χ0) is 11.3. The summed E-state index contributed by atoms with van der Waals surface area (Å²) in [5.41, 5.74) is 0. The van der Waals surface area contributed by atoms with Gasteiger partial charge in [0.05, 0.1) is 0 Å². The van der Waals surface area contributed by atoms with Crippen molar-refractivity contribution >= 4 is 5.97 Å². The first-order chi connectivity index (χ1) is 7.13. The molecule has 1 heterocycles. The molecule has 0 aliphatic carbocycles. The van der Waals surface area contributed by atoms with Gasteiger partial charge in [0.25, 0.3) is 0 Å². The summed E-state index contributed by atoms with van der Waals surface area (Å²) in [6.45, 7) is 4.12. The molecular weight excluding hydrogens is 192 g/mol. The summed E-state index contributed by atoms with van der Waals surface area (Å²) in [6, 6.07) is -0.00518. The van der Waals surface area contributed by atoms with E-state index in [1.54, 1.807) is 0 Å². The fourth-order valence-corrected chi connectivity index (χ4v) is 2.04. The van der Waals surface area contributed by atoms with Gasteiger partial charge in [-0.1, -0.05) is 19.8 Å². The lowest BCUT2D eigenvalue weighted by Gasteiger charge is -2.19. The summed E-state index contributed by atoms with van der Waals surface area (Å²) in [5.74, 6) is -0.710. The van der Waals surface area contributed by atoms with Crippen molar-refractivity contribution < 1.29 is 9.90 Å². The van der Waals surface area contributed by atoms with Crippen molar-refractivity contribution in [3.05, 3.63) is 0 Å². The normalized spacial score (nSPS) is 24.3. The third-order valence-electron chi connectivity index (χ3n) is 2.97. The first-order valence-corrected chi connectivity index (χ1v) is 5.81. The summed E-state index contributed by atoms with van der Waals surface area (Å²) >= 11 is 0. The lowest BCUT2D eigenvalue weighted by molar-refractivity contribution is -0.139. The third kappa shape index (κ3) is 4.18. The van der Waals surface area contributed by atoms with Crippen LogP contribution in [-0.2, 0) is 4.79 Å². The van der Waals surface area contributed by atoms with Crippen LogP contribution in [0.3, 0.4) is 0 Å². The number of hydrogen-bond donors (Lipinski definition) is 2. The molecule has 0 saturated carbocycles. The molecule has 15 heavy (non-hydrogen) atoms. The fraction of sp³-hybridized carbons (Fsp3) is 0.909. The predicted octanol–water partition coefficient (Wildman–Crippen LogP) is 0.923. The minimum absolute atomic E-state index is 0.355. The van der Waals surface area contributed by atoms with Gasteiger partial charge in [0.2, 0.25) is 0 Å². The van der Waals surface area contributed by atoms with E-state index in [1.165, 1.54) is 0 Å². The zero-order valence-corrected chi connectivity index (χ0v) is 9.70. The minimum atomic E-state index is -0.710. The van der Waals surface area contributed by atoms with Gasteiger partial charge in [-0.2, -0.15) is 0 Å². The Labute approximate surface area is 91.6 Å². The molecule has 1 saturated heterocycles. The molecule has 1 fully saturated rings. The topological polar surface area (TPSA) is 52.6 Å². The Bertz CT molecular complexity index is 209. The highest BCUT2D eigenvalue weighted by Crippen LogP contribution is 2.09. The standard InChI is InChI=1S/C11H22N2O2/c1-3-4-5-10(11(14)15)12-9-6-7-13(2)8-9/h9-10,12H,3-8H2,1-2H3,(H,14,15). The average molecular weight is 214 g/mol. The highest BCUT2D eigenvalue weighted by molar-refractivity contribution is 5.73. The van der Waals surface area contributed by atoms with Crippen molar-refractivity contribution in [1.82, 2.24) is 10.2 Å². The number of rotatable bonds is 6. The van der Waals surface area contributed by atoms with Crippen LogP contribution in [0.1, 0.15) is 32.6 Å². The molecular formula is C11H22N2O2. The van der Waals surface area contributed by atoms with Crippen LogP contribution >= 0.6 is 0 Å². The number of aliphatic carboxylic acids is 1. The second-order valence-electron chi connectivity index (χ2n) is 4.45. The first-order valence-electron chi connectivity index (χ1n) is 5.81. The molecule has 2 N–H and O–H groups in total. The quantitative estimate of drug-likeness (QED) is 0.690. The molecule has 1 aliphatic heterocycles. The van der Waals surface area contributed by atoms with Gasteiger partial charge < -0.3 is 15.3 Å². The van der Waals surface area contributed by atoms with Gasteiger partial charge in [0, 0.05) is 12.6 Å².